The van der Waals surface area contributed by atoms with Crippen molar-refractivity contribution in [2.75, 3.05) is 7.05 Å². The minimum Gasteiger partial charge on any atom is -0.335 e. The molecule has 0 saturated heterocycles. The van der Waals surface area contributed by atoms with E-state index < -0.39 is 5.51 Å². The summed E-state index contributed by atoms with van der Waals surface area (Å²) in [6, 6.07) is 12.8. The number of rotatable bonds is 5. The van der Waals surface area contributed by atoms with Crippen LogP contribution < -0.4 is 0 Å². The van der Waals surface area contributed by atoms with E-state index in [0.29, 0.717) is 5.56 Å². The van der Waals surface area contributed by atoms with Gasteiger partial charge in [0.1, 0.15) is 12.7 Å². The Balaban J connectivity index is 1.70. The number of aromatic nitrogens is 3. The maximum Gasteiger partial charge on any atom is 0.446 e. The van der Waals surface area contributed by atoms with Crippen LogP contribution in [0.4, 0.5) is 13.2 Å². The molecule has 146 valence electrons. The molecule has 0 unspecified atom stereocenters. The van der Waals surface area contributed by atoms with Gasteiger partial charge in [-0.3, -0.25) is 4.79 Å². The van der Waals surface area contributed by atoms with E-state index in [9.17, 15) is 18.0 Å². The van der Waals surface area contributed by atoms with Crippen LogP contribution in [0.15, 0.2) is 66.1 Å². The first-order valence-corrected chi connectivity index (χ1v) is 9.14. The number of carbonyl (C=O) groups excluding carboxylic acids is 1. The molecule has 1 aromatic heterocycles. The Bertz CT molecular complexity index is 925. The number of nitrogens with zero attached hydrogens (tertiary/aromatic N) is 4. The van der Waals surface area contributed by atoms with Crippen molar-refractivity contribution in [1.82, 2.24) is 19.7 Å². The number of amides is 1. The molecular formula is C19H17F3N4OS. The van der Waals surface area contributed by atoms with Crippen molar-refractivity contribution in [3.63, 3.8) is 0 Å². The fourth-order valence-electron chi connectivity index (χ4n) is 2.65. The second-order valence-corrected chi connectivity index (χ2v) is 7.23. The zero-order valence-electron chi connectivity index (χ0n) is 15.1. The van der Waals surface area contributed by atoms with Crippen LogP contribution in [0.3, 0.4) is 0 Å². The third kappa shape index (κ3) is 4.72. The summed E-state index contributed by atoms with van der Waals surface area (Å²) in [7, 11) is 1.66. The van der Waals surface area contributed by atoms with E-state index in [2.05, 4.69) is 10.1 Å². The number of hydrogen-bond donors (Lipinski definition) is 0. The number of benzene rings is 2. The maximum atomic E-state index is 12.7. The van der Waals surface area contributed by atoms with Crippen LogP contribution in [0.25, 0.3) is 5.69 Å². The topological polar surface area (TPSA) is 51.0 Å². The molecule has 0 saturated carbocycles. The SMILES string of the molecule is C[C@@H](c1ccc(-n2cncn2)cc1)N(C)C(=O)c1ccc(SC(F)(F)F)cc1. The van der Waals surface area contributed by atoms with Crippen molar-refractivity contribution in [3.8, 4) is 5.69 Å². The summed E-state index contributed by atoms with van der Waals surface area (Å²) in [5.74, 6) is -0.267. The Kier molecular flexibility index (Phi) is 5.73. The van der Waals surface area contributed by atoms with E-state index in [4.69, 9.17) is 0 Å². The highest BCUT2D eigenvalue weighted by molar-refractivity contribution is 8.00. The molecule has 0 aliphatic heterocycles. The first-order valence-electron chi connectivity index (χ1n) is 8.32. The first kappa shape index (κ1) is 19.9. The molecule has 1 heterocycles. The molecule has 0 spiro atoms. The van der Waals surface area contributed by atoms with Gasteiger partial charge in [0.05, 0.1) is 11.7 Å². The van der Waals surface area contributed by atoms with Crippen molar-refractivity contribution >= 4 is 17.7 Å². The quantitative estimate of drug-likeness (QED) is 0.576. The molecule has 1 amide bonds. The highest BCUT2D eigenvalue weighted by Crippen LogP contribution is 2.36. The molecule has 5 nitrogen and oxygen atoms in total. The molecule has 0 aliphatic rings. The summed E-state index contributed by atoms with van der Waals surface area (Å²) >= 11 is -0.204. The van der Waals surface area contributed by atoms with Crippen LogP contribution in [-0.4, -0.2) is 38.1 Å². The normalized spacial score (nSPS) is 12.6. The summed E-state index contributed by atoms with van der Waals surface area (Å²) in [6.07, 6.45) is 3.04. The van der Waals surface area contributed by atoms with E-state index in [1.165, 1.54) is 30.6 Å². The monoisotopic (exact) mass is 406 g/mol. The van der Waals surface area contributed by atoms with Gasteiger partial charge in [0, 0.05) is 17.5 Å². The summed E-state index contributed by atoms with van der Waals surface area (Å²) < 4.78 is 38.9. The van der Waals surface area contributed by atoms with E-state index in [1.807, 2.05) is 31.2 Å². The molecule has 0 radical (unpaired) electrons. The molecule has 0 fully saturated rings. The third-order valence-corrected chi connectivity index (χ3v) is 5.03. The van der Waals surface area contributed by atoms with Crippen LogP contribution >= 0.6 is 11.8 Å². The van der Waals surface area contributed by atoms with Gasteiger partial charge in [-0.1, -0.05) is 12.1 Å². The summed E-state index contributed by atoms with van der Waals surface area (Å²) in [6.45, 7) is 1.89. The van der Waals surface area contributed by atoms with E-state index >= 15 is 0 Å². The van der Waals surface area contributed by atoms with Gasteiger partial charge >= 0.3 is 5.51 Å². The van der Waals surface area contributed by atoms with Crippen molar-refractivity contribution in [2.45, 2.75) is 23.4 Å². The molecule has 0 N–H and O–H groups in total. The lowest BCUT2D eigenvalue weighted by Gasteiger charge is -2.25. The average Bonchev–Trinajstić information content (AvgIpc) is 3.20. The predicted octanol–water partition coefficient (Wildman–Crippen LogP) is 4.71. The fourth-order valence-corrected chi connectivity index (χ4v) is 3.19. The Labute approximate surface area is 164 Å². The number of hydrogen-bond acceptors (Lipinski definition) is 4. The molecule has 9 heteroatoms. The Morgan fingerprint density at radius 3 is 2.29 bits per heavy atom. The lowest BCUT2D eigenvalue weighted by Crippen LogP contribution is -2.29. The zero-order valence-corrected chi connectivity index (χ0v) is 15.9. The lowest BCUT2D eigenvalue weighted by atomic mass is 10.1. The second-order valence-electron chi connectivity index (χ2n) is 6.10. The first-order chi connectivity index (χ1) is 13.2. The zero-order chi connectivity index (χ0) is 20.3. The van der Waals surface area contributed by atoms with Crippen molar-refractivity contribution in [1.29, 1.82) is 0 Å². The van der Waals surface area contributed by atoms with Crippen molar-refractivity contribution in [2.24, 2.45) is 0 Å². The van der Waals surface area contributed by atoms with E-state index in [1.54, 1.807) is 23.0 Å². The van der Waals surface area contributed by atoms with Gasteiger partial charge in [-0.2, -0.15) is 18.3 Å². The maximum absolute atomic E-state index is 12.7. The molecular weight excluding hydrogens is 389 g/mol. The molecule has 28 heavy (non-hydrogen) atoms. The van der Waals surface area contributed by atoms with Gasteiger partial charge in [0.25, 0.3) is 5.91 Å². The van der Waals surface area contributed by atoms with Crippen LogP contribution in [0.2, 0.25) is 0 Å². The van der Waals surface area contributed by atoms with Gasteiger partial charge in [0.15, 0.2) is 0 Å². The van der Waals surface area contributed by atoms with E-state index in [0.717, 1.165) is 11.3 Å². The minimum atomic E-state index is -4.35. The highest BCUT2D eigenvalue weighted by Gasteiger charge is 2.29. The Morgan fingerprint density at radius 2 is 1.75 bits per heavy atom. The Hall–Kier alpha value is -2.81. The number of carbonyl (C=O) groups is 1. The van der Waals surface area contributed by atoms with Gasteiger partial charge in [-0.25, -0.2) is 9.67 Å². The molecule has 2 aromatic carbocycles. The summed E-state index contributed by atoms with van der Waals surface area (Å²) in [5, 5.41) is 4.06. The van der Waals surface area contributed by atoms with E-state index in [-0.39, 0.29) is 28.6 Å². The number of halogens is 3. The van der Waals surface area contributed by atoms with Crippen molar-refractivity contribution < 1.29 is 18.0 Å². The van der Waals surface area contributed by atoms with Crippen molar-refractivity contribution in [3.05, 3.63) is 72.3 Å². The second kappa shape index (κ2) is 8.05. The summed E-state index contributed by atoms with van der Waals surface area (Å²) in [5.41, 5.74) is -2.25. The van der Waals surface area contributed by atoms with Gasteiger partial charge in [-0.05, 0) is 60.6 Å². The number of thioether (sulfide) groups is 1. The van der Waals surface area contributed by atoms with Gasteiger partial charge in [0.2, 0.25) is 0 Å². The average molecular weight is 406 g/mol. The summed E-state index contributed by atoms with van der Waals surface area (Å²) in [4.78, 5) is 18.2. The lowest BCUT2D eigenvalue weighted by molar-refractivity contribution is -0.0328. The smallest absolute Gasteiger partial charge is 0.335 e. The third-order valence-electron chi connectivity index (χ3n) is 4.29. The largest absolute Gasteiger partial charge is 0.446 e. The van der Waals surface area contributed by atoms with Crippen LogP contribution in [0.5, 0.6) is 0 Å². The molecule has 1 atom stereocenters. The van der Waals surface area contributed by atoms with Crippen LogP contribution in [0.1, 0.15) is 28.9 Å². The molecule has 3 aromatic rings. The fraction of sp³-hybridized carbons (Fsp3) is 0.211. The molecule has 0 bridgehead atoms. The van der Waals surface area contributed by atoms with Gasteiger partial charge in [-0.15, -0.1) is 0 Å². The van der Waals surface area contributed by atoms with Gasteiger partial charge < -0.3 is 4.90 Å². The minimum absolute atomic E-state index is 0.0449. The molecule has 3 rings (SSSR count). The standard InChI is InChI=1S/C19H17F3N4OS/c1-13(14-3-7-16(8-4-14)26-12-23-11-24-26)25(2)18(27)15-5-9-17(10-6-15)28-19(20,21)22/h3-13H,1-2H3/t13-/m0/s1. The number of alkyl halides is 3. The Morgan fingerprint density at radius 1 is 1.11 bits per heavy atom. The van der Waals surface area contributed by atoms with Crippen LogP contribution in [0, 0.1) is 0 Å². The molecule has 0 aliphatic carbocycles. The highest BCUT2D eigenvalue weighted by atomic mass is 32.2. The predicted molar refractivity (Wildman–Crippen MR) is 100 cm³/mol. The van der Waals surface area contributed by atoms with Crippen LogP contribution in [-0.2, 0) is 0 Å².